The van der Waals surface area contributed by atoms with Crippen molar-refractivity contribution in [3.63, 3.8) is 0 Å². The molecule has 5 nitrogen and oxygen atoms in total. The number of likely N-dealkylation sites (N-methyl/N-ethyl adjacent to an activating group) is 1. The highest BCUT2D eigenvalue weighted by Crippen LogP contribution is 2.15. The van der Waals surface area contributed by atoms with E-state index in [-0.39, 0.29) is 17.9 Å². The first-order chi connectivity index (χ1) is 7.11. The summed E-state index contributed by atoms with van der Waals surface area (Å²) in [6.45, 7) is 2.33. The van der Waals surface area contributed by atoms with E-state index in [2.05, 4.69) is 10.1 Å². The maximum absolute atomic E-state index is 11.9. The van der Waals surface area contributed by atoms with Crippen molar-refractivity contribution < 1.29 is 14.3 Å². The van der Waals surface area contributed by atoms with Gasteiger partial charge in [-0.05, 0) is 26.8 Å². The van der Waals surface area contributed by atoms with Crippen LogP contribution >= 0.6 is 0 Å². The minimum absolute atomic E-state index is 0.0124. The number of likely N-dealkylation sites (tertiary alicyclic amines) is 1. The predicted molar refractivity (Wildman–Crippen MR) is 55.3 cm³/mol. The van der Waals surface area contributed by atoms with Crippen molar-refractivity contribution in [3.8, 4) is 0 Å². The van der Waals surface area contributed by atoms with Gasteiger partial charge in [0.2, 0.25) is 5.91 Å². The number of methoxy groups -OCH3 is 1. The van der Waals surface area contributed by atoms with Crippen LogP contribution in [0.1, 0.15) is 19.8 Å². The highest BCUT2D eigenvalue weighted by molar-refractivity contribution is 5.87. The first-order valence-electron chi connectivity index (χ1n) is 5.17. The van der Waals surface area contributed by atoms with E-state index in [1.54, 1.807) is 18.9 Å². The Labute approximate surface area is 89.8 Å². The summed E-state index contributed by atoms with van der Waals surface area (Å²) in [5, 5.41) is 2.95. The molecule has 0 spiro atoms. The second kappa shape index (κ2) is 5.11. The van der Waals surface area contributed by atoms with Gasteiger partial charge in [-0.25, -0.2) is 4.79 Å². The van der Waals surface area contributed by atoms with Gasteiger partial charge in [0.15, 0.2) is 0 Å². The Morgan fingerprint density at radius 2 is 2.33 bits per heavy atom. The van der Waals surface area contributed by atoms with E-state index in [4.69, 9.17) is 0 Å². The Bertz CT molecular complexity index is 255. The largest absolute Gasteiger partial charge is 0.467 e. The molecule has 0 saturated carbocycles. The number of amides is 1. The molecule has 0 aromatic heterocycles. The van der Waals surface area contributed by atoms with Crippen LogP contribution in [0.3, 0.4) is 0 Å². The minimum Gasteiger partial charge on any atom is -0.467 e. The molecule has 1 aliphatic heterocycles. The third kappa shape index (κ3) is 2.47. The highest BCUT2D eigenvalue weighted by Gasteiger charge is 2.33. The van der Waals surface area contributed by atoms with Crippen LogP contribution in [0.4, 0.5) is 0 Å². The molecule has 0 radical (unpaired) electrons. The standard InChI is InChI=1S/C10H18N2O3/c1-7(10(14)15-3)12-6-4-5-8(11-2)9(12)13/h7-8,11H,4-6H2,1-3H3/t7?,8-/m0/s1. The Balaban J connectivity index is 2.68. The number of nitrogens with one attached hydrogen (secondary N) is 1. The van der Waals surface area contributed by atoms with Crippen LogP contribution in [-0.4, -0.2) is 49.6 Å². The highest BCUT2D eigenvalue weighted by atomic mass is 16.5. The van der Waals surface area contributed by atoms with Crippen LogP contribution in [0.5, 0.6) is 0 Å². The molecule has 1 N–H and O–H groups in total. The van der Waals surface area contributed by atoms with E-state index in [0.717, 1.165) is 12.8 Å². The molecule has 0 aromatic rings. The van der Waals surface area contributed by atoms with E-state index in [1.807, 2.05) is 0 Å². The zero-order valence-electron chi connectivity index (χ0n) is 9.45. The summed E-state index contributed by atoms with van der Waals surface area (Å²) in [6, 6.07) is -0.649. The number of carbonyl (C=O) groups is 2. The molecule has 0 aliphatic carbocycles. The number of hydrogen-bond donors (Lipinski definition) is 1. The second-order valence-corrected chi connectivity index (χ2v) is 3.71. The fraction of sp³-hybridized carbons (Fsp3) is 0.800. The van der Waals surface area contributed by atoms with Gasteiger partial charge in [0, 0.05) is 6.54 Å². The lowest BCUT2D eigenvalue weighted by atomic mass is 10.0. The second-order valence-electron chi connectivity index (χ2n) is 3.71. The van der Waals surface area contributed by atoms with Gasteiger partial charge in [-0.2, -0.15) is 0 Å². The summed E-state index contributed by atoms with van der Waals surface area (Å²) in [4.78, 5) is 24.8. The molecular formula is C10H18N2O3. The number of nitrogens with zero attached hydrogens (tertiary/aromatic N) is 1. The fourth-order valence-corrected chi connectivity index (χ4v) is 1.85. The molecule has 1 fully saturated rings. The molecule has 1 unspecified atom stereocenters. The number of hydrogen-bond acceptors (Lipinski definition) is 4. The van der Waals surface area contributed by atoms with Gasteiger partial charge in [0.25, 0.3) is 0 Å². The summed E-state index contributed by atoms with van der Waals surface area (Å²) in [7, 11) is 3.09. The quantitative estimate of drug-likeness (QED) is 0.659. The van der Waals surface area contributed by atoms with Crippen LogP contribution < -0.4 is 5.32 Å². The molecule has 15 heavy (non-hydrogen) atoms. The van der Waals surface area contributed by atoms with Crippen LogP contribution in [0.15, 0.2) is 0 Å². The zero-order valence-corrected chi connectivity index (χ0v) is 9.45. The minimum atomic E-state index is -0.487. The summed E-state index contributed by atoms with van der Waals surface area (Å²) in [6.07, 6.45) is 1.75. The van der Waals surface area contributed by atoms with E-state index in [0.29, 0.717) is 6.54 Å². The SMILES string of the molecule is CN[C@H]1CCCN(C(C)C(=O)OC)C1=O. The molecular weight excluding hydrogens is 196 g/mol. The van der Waals surface area contributed by atoms with Gasteiger partial charge >= 0.3 is 5.97 Å². The lowest BCUT2D eigenvalue weighted by Gasteiger charge is -2.35. The van der Waals surface area contributed by atoms with Gasteiger partial charge in [-0.15, -0.1) is 0 Å². The third-order valence-corrected chi connectivity index (χ3v) is 2.83. The van der Waals surface area contributed by atoms with Crippen LogP contribution in [0, 0.1) is 0 Å². The molecule has 0 bridgehead atoms. The molecule has 2 atom stereocenters. The maximum Gasteiger partial charge on any atom is 0.328 e. The zero-order chi connectivity index (χ0) is 11.4. The molecule has 1 saturated heterocycles. The Kier molecular flexibility index (Phi) is 4.08. The maximum atomic E-state index is 11.9. The summed E-state index contributed by atoms with van der Waals surface area (Å²) in [5.74, 6) is -0.373. The monoisotopic (exact) mass is 214 g/mol. The first kappa shape index (κ1) is 12.0. The van der Waals surface area contributed by atoms with Gasteiger partial charge in [-0.1, -0.05) is 0 Å². The summed E-state index contributed by atoms with van der Waals surface area (Å²) >= 11 is 0. The normalized spacial score (nSPS) is 23.8. The van der Waals surface area contributed by atoms with Crippen LogP contribution in [0.25, 0.3) is 0 Å². The van der Waals surface area contributed by atoms with Crippen molar-refractivity contribution in [2.75, 3.05) is 20.7 Å². The van der Waals surface area contributed by atoms with Crippen molar-refractivity contribution in [1.82, 2.24) is 10.2 Å². The van der Waals surface area contributed by atoms with Crippen molar-refractivity contribution in [2.24, 2.45) is 0 Å². The molecule has 1 amide bonds. The summed E-state index contributed by atoms with van der Waals surface area (Å²) < 4.78 is 4.63. The number of ether oxygens (including phenoxy) is 1. The third-order valence-electron chi connectivity index (χ3n) is 2.83. The molecule has 1 aliphatic rings. The number of rotatable bonds is 3. The smallest absolute Gasteiger partial charge is 0.328 e. The number of esters is 1. The summed E-state index contributed by atoms with van der Waals surface area (Å²) in [5.41, 5.74) is 0. The molecule has 5 heteroatoms. The van der Waals surface area contributed by atoms with Gasteiger partial charge in [0.1, 0.15) is 6.04 Å². The van der Waals surface area contributed by atoms with Gasteiger partial charge in [-0.3, -0.25) is 4.79 Å². The molecule has 0 aromatic carbocycles. The average molecular weight is 214 g/mol. The van der Waals surface area contributed by atoms with E-state index < -0.39 is 6.04 Å². The van der Waals surface area contributed by atoms with Crippen molar-refractivity contribution >= 4 is 11.9 Å². The van der Waals surface area contributed by atoms with Crippen molar-refractivity contribution in [1.29, 1.82) is 0 Å². The molecule has 1 heterocycles. The average Bonchev–Trinajstić information content (AvgIpc) is 2.27. The Morgan fingerprint density at radius 1 is 1.67 bits per heavy atom. The van der Waals surface area contributed by atoms with Crippen molar-refractivity contribution in [3.05, 3.63) is 0 Å². The Hall–Kier alpha value is -1.10. The lowest BCUT2D eigenvalue weighted by Crippen LogP contribution is -2.54. The first-order valence-corrected chi connectivity index (χ1v) is 5.17. The number of carbonyl (C=O) groups excluding carboxylic acids is 2. The van der Waals surface area contributed by atoms with Gasteiger partial charge < -0.3 is 15.0 Å². The topological polar surface area (TPSA) is 58.6 Å². The molecule has 86 valence electrons. The van der Waals surface area contributed by atoms with E-state index in [1.165, 1.54) is 7.11 Å². The predicted octanol–water partition coefficient (Wildman–Crippen LogP) is -0.242. The fourth-order valence-electron chi connectivity index (χ4n) is 1.85. The van der Waals surface area contributed by atoms with E-state index >= 15 is 0 Å². The number of piperidine rings is 1. The lowest BCUT2D eigenvalue weighted by molar-refractivity contribution is -0.154. The Morgan fingerprint density at radius 3 is 2.87 bits per heavy atom. The molecule has 1 rings (SSSR count). The van der Waals surface area contributed by atoms with Gasteiger partial charge in [0.05, 0.1) is 13.2 Å². The van der Waals surface area contributed by atoms with Crippen LogP contribution in [-0.2, 0) is 14.3 Å². The van der Waals surface area contributed by atoms with E-state index in [9.17, 15) is 9.59 Å². The van der Waals surface area contributed by atoms with Crippen LogP contribution in [0.2, 0.25) is 0 Å². The van der Waals surface area contributed by atoms with Crippen molar-refractivity contribution in [2.45, 2.75) is 31.8 Å².